The molecule has 1 fully saturated rings. The van der Waals surface area contributed by atoms with Crippen LogP contribution in [0.1, 0.15) is 67.8 Å². The highest BCUT2D eigenvalue weighted by atomic mass is 19.1. The number of benzene rings is 2. The lowest BCUT2D eigenvalue weighted by Crippen LogP contribution is -2.28. The van der Waals surface area contributed by atoms with Crippen molar-refractivity contribution in [3.63, 3.8) is 0 Å². The van der Waals surface area contributed by atoms with Gasteiger partial charge in [-0.15, -0.1) is 0 Å². The third-order valence-corrected chi connectivity index (χ3v) is 5.97. The molecule has 0 spiro atoms. The third-order valence-electron chi connectivity index (χ3n) is 5.97. The van der Waals surface area contributed by atoms with Crippen LogP contribution in [-0.4, -0.2) is 12.5 Å². The SMILES string of the molecule is Cc1cc(N2C[C@@H]3C[C@H]2c2c(F)cccc23)cc(C)c1NC(=O)CC(C)(C)C. The highest BCUT2D eigenvalue weighted by molar-refractivity contribution is 5.93. The molecule has 1 aliphatic carbocycles. The van der Waals surface area contributed by atoms with Crippen LogP contribution in [0.3, 0.4) is 0 Å². The third kappa shape index (κ3) is 3.30. The molecule has 0 unspecified atom stereocenters. The molecule has 0 aromatic heterocycles. The number of nitrogens with zero attached hydrogens (tertiary/aromatic N) is 1. The van der Waals surface area contributed by atoms with E-state index >= 15 is 0 Å². The molecule has 2 aliphatic rings. The van der Waals surface area contributed by atoms with Gasteiger partial charge >= 0.3 is 0 Å². The normalized spacial score (nSPS) is 20.4. The van der Waals surface area contributed by atoms with E-state index < -0.39 is 0 Å². The molecule has 0 saturated carbocycles. The van der Waals surface area contributed by atoms with E-state index in [1.807, 2.05) is 19.9 Å². The number of aryl methyl sites for hydroxylation is 2. The van der Waals surface area contributed by atoms with Gasteiger partial charge in [-0.2, -0.15) is 0 Å². The summed E-state index contributed by atoms with van der Waals surface area (Å²) in [5, 5.41) is 3.09. The maximum atomic E-state index is 14.5. The molecule has 2 aromatic carbocycles. The molecular formula is C24H29FN2O. The number of amides is 1. The molecule has 3 nitrogen and oxygen atoms in total. The second-order valence-corrected chi connectivity index (χ2v) is 9.58. The molecule has 1 saturated heterocycles. The van der Waals surface area contributed by atoms with Crippen molar-refractivity contribution in [1.82, 2.24) is 0 Å². The Morgan fingerprint density at radius 2 is 1.89 bits per heavy atom. The van der Waals surface area contributed by atoms with Crippen LogP contribution in [0, 0.1) is 25.1 Å². The van der Waals surface area contributed by atoms with Crippen LogP contribution in [0.2, 0.25) is 0 Å². The quantitative estimate of drug-likeness (QED) is 0.723. The zero-order valence-electron chi connectivity index (χ0n) is 17.4. The fraction of sp³-hybridized carbons (Fsp3) is 0.458. The molecule has 148 valence electrons. The smallest absolute Gasteiger partial charge is 0.224 e. The fourth-order valence-corrected chi connectivity index (χ4v) is 4.85. The van der Waals surface area contributed by atoms with Crippen molar-refractivity contribution in [2.24, 2.45) is 5.41 Å². The Morgan fingerprint density at radius 1 is 1.21 bits per heavy atom. The standard InChI is InChI=1S/C24H29FN2O/c1-14-9-17(10-15(2)23(14)26-21(28)12-24(3,4)5)27-13-16-11-20(27)22-18(16)7-6-8-19(22)25/h6-10,16,20H,11-13H2,1-5H3,(H,26,28)/t16-,20-/m0/s1. The first-order valence-electron chi connectivity index (χ1n) is 10.1. The molecule has 2 atom stereocenters. The first kappa shape index (κ1) is 19.0. The Labute approximate surface area is 166 Å². The molecule has 28 heavy (non-hydrogen) atoms. The molecule has 0 radical (unpaired) electrons. The Kier molecular flexibility index (Phi) is 4.48. The van der Waals surface area contributed by atoms with Gasteiger partial charge in [0.1, 0.15) is 5.82 Å². The number of rotatable bonds is 3. The Morgan fingerprint density at radius 3 is 2.54 bits per heavy atom. The van der Waals surface area contributed by atoms with Gasteiger partial charge in [0, 0.05) is 35.8 Å². The van der Waals surface area contributed by atoms with Crippen molar-refractivity contribution >= 4 is 17.3 Å². The van der Waals surface area contributed by atoms with E-state index in [0.29, 0.717) is 12.3 Å². The maximum Gasteiger partial charge on any atom is 0.224 e. The van der Waals surface area contributed by atoms with Gasteiger partial charge < -0.3 is 10.2 Å². The Hall–Kier alpha value is -2.36. The van der Waals surface area contributed by atoms with Gasteiger partial charge in [-0.3, -0.25) is 4.79 Å². The van der Waals surface area contributed by atoms with E-state index in [0.717, 1.165) is 41.0 Å². The fourth-order valence-electron chi connectivity index (χ4n) is 4.85. The topological polar surface area (TPSA) is 32.3 Å². The van der Waals surface area contributed by atoms with Gasteiger partial charge in [-0.1, -0.05) is 32.9 Å². The first-order chi connectivity index (χ1) is 13.1. The number of nitrogens with one attached hydrogen (secondary N) is 1. The van der Waals surface area contributed by atoms with Crippen molar-refractivity contribution in [2.75, 3.05) is 16.8 Å². The zero-order chi connectivity index (χ0) is 20.2. The minimum atomic E-state index is -0.0887. The van der Waals surface area contributed by atoms with Gasteiger partial charge in [-0.25, -0.2) is 4.39 Å². The molecule has 2 aromatic rings. The lowest BCUT2D eigenvalue weighted by atomic mass is 9.92. The average molecular weight is 381 g/mol. The summed E-state index contributed by atoms with van der Waals surface area (Å²) in [7, 11) is 0. The number of fused-ring (bicyclic) bond motifs is 5. The summed E-state index contributed by atoms with van der Waals surface area (Å²) in [6, 6.07) is 9.83. The largest absolute Gasteiger partial charge is 0.364 e. The van der Waals surface area contributed by atoms with Crippen molar-refractivity contribution in [2.45, 2.75) is 59.4 Å². The molecule has 1 N–H and O–H groups in total. The van der Waals surface area contributed by atoms with Crippen LogP contribution in [0.5, 0.6) is 0 Å². The second-order valence-electron chi connectivity index (χ2n) is 9.58. The van der Waals surface area contributed by atoms with Crippen molar-refractivity contribution in [1.29, 1.82) is 0 Å². The molecule has 2 bridgehead atoms. The monoisotopic (exact) mass is 380 g/mol. The van der Waals surface area contributed by atoms with E-state index in [9.17, 15) is 9.18 Å². The maximum absolute atomic E-state index is 14.5. The van der Waals surface area contributed by atoms with Crippen LogP contribution in [0.25, 0.3) is 0 Å². The van der Waals surface area contributed by atoms with Crippen molar-refractivity contribution in [3.05, 3.63) is 58.4 Å². The highest BCUT2D eigenvalue weighted by Gasteiger charge is 2.44. The second kappa shape index (κ2) is 6.61. The predicted octanol–water partition coefficient (Wildman–Crippen LogP) is 5.87. The summed E-state index contributed by atoms with van der Waals surface area (Å²) in [4.78, 5) is 14.7. The number of hydrogen-bond acceptors (Lipinski definition) is 2. The number of carbonyl (C=O) groups is 1. The molecule has 1 aliphatic heterocycles. The van der Waals surface area contributed by atoms with E-state index in [-0.39, 0.29) is 23.2 Å². The minimum absolute atomic E-state index is 0.0436. The predicted molar refractivity (Wildman–Crippen MR) is 112 cm³/mol. The number of halogens is 1. The van der Waals surface area contributed by atoms with E-state index in [4.69, 9.17) is 0 Å². The first-order valence-corrected chi connectivity index (χ1v) is 10.1. The summed E-state index contributed by atoms with van der Waals surface area (Å²) < 4.78 is 14.5. The molecule has 1 amide bonds. The van der Waals surface area contributed by atoms with Crippen molar-refractivity contribution in [3.8, 4) is 0 Å². The summed E-state index contributed by atoms with van der Waals surface area (Å²) >= 11 is 0. The zero-order valence-corrected chi connectivity index (χ0v) is 17.4. The van der Waals surface area contributed by atoms with Gasteiger partial charge in [-0.05, 0) is 60.6 Å². The Bertz CT molecular complexity index is 921. The summed E-state index contributed by atoms with van der Waals surface area (Å²) in [6.45, 7) is 11.2. The molecule has 4 rings (SSSR count). The van der Waals surface area contributed by atoms with Gasteiger partial charge in [0.2, 0.25) is 5.91 Å². The summed E-state index contributed by atoms with van der Waals surface area (Å²) in [6.07, 6.45) is 1.47. The van der Waals surface area contributed by atoms with Crippen LogP contribution in [0.15, 0.2) is 30.3 Å². The van der Waals surface area contributed by atoms with E-state index in [1.54, 1.807) is 6.07 Å². The number of carbonyl (C=O) groups excluding carboxylic acids is 1. The molecular weight excluding hydrogens is 351 g/mol. The summed E-state index contributed by atoms with van der Waals surface area (Å²) in [5.41, 5.74) is 6.12. The minimum Gasteiger partial charge on any atom is -0.364 e. The van der Waals surface area contributed by atoms with Gasteiger partial charge in [0.15, 0.2) is 0 Å². The van der Waals surface area contributed by atoms with Gasteiger partial charge in [0.05, 0.1) is 6.04 Å². The van der Waals surface area contributed by atoms with E-state index in [1.165, 1.54) is 5.56 Å². The highest BCUT2D eigenvalue weighted by Crippen LogP contribution is 2.52. The van der Waals surface area contributed by atoms with Crippen molar-refractivity contribution < 1.29 is 9.18 Å². The number of hydrogen-bond donors (Lipinski definition) is 1. The molecule has 1 heterocycles. The van der Waals surface area contributed by atoms with E-state index in [2.05, 4.69) is 49.2 Å². The van der Waals surface area contributed by atoms with Crippen LogP contribution in [-0.2, 0) is 4.79 Å². The lowest BCUT2D eigenvalue weighted by Gasteiger charge is -2.32. The average Bonchev–Trinajstić information content (AvgIpc) is 3.16. The summed E-state index contributed by atoms with van der Waals surface area (Å²) in [5.74, 6) is 0.361. The van der Waals surface area contributed by atoms with Gasteiger partial charge in [0.25, 0.3) is 0 Å². The Balaban J connectivity index is 1.60. The van der Waals surface area contributed by atoms with Crippen LogP contribution in [0.4, 0.5) is 15.8 Å². The van der Waals surface area contributed by atoms with Crippen LogP contribution >= 0.6 is 0 Å². The number of anilines is 2. The van der Waals surface area contributed by atoms with Crippen LogP contribution < -0.4 is 10.2 Å². The molecule has 4 heteroatoms. The lowest BCUT2D eigenvalue weighted by molar-refractivity contribution is -0.117.